The van der Waals surface area contributed by atoms with E-state index in [2.05, 4.69) is 42.3 Å². The predicted octanol–water partition coefficient (Wildman–Crippen LogP) is 2.99. The topological polar surface area (TPSA) is 73.0 Å². The second-order valence-electron chi connectivity index (χ2n) is 8.27. The van der Waals surface area contributed by atoms with E-state index in [4.69, 9.17) is 0 Å². The lowest BCUT2D eigenvalue weighted by molar-refractivity contribution is 0.247. The maximum Gasteiger partial charge on any atom is 0.321 e. The van der Waals surface area contributed by atoms with Gasteiger partial charge in [0.1, 0.15) is 0 Å². The van der Waals surface area contributed by atoms with E-state index in [1.807, 2.05) is 13.0 Å². The molecule has 1 saturated heterocycles. The van der Waals surface area contributed by atoms with Crippen LogP contribution in [0.3, 0.4) is 0 Å². The van der Waals surface area contributed by atoms with E-state index in [9.17, 15) is 13.2 Å². The van der Waals surface area contributed by atoms with Gasteiger partial charge < -0.3 is 10.2 Å². The summed E-state index contributed by atoms with van der Waals surface area (Å²) < 4.78 is 28.3. The van der Waals surface area contributed by atoms with E-state index in [0.717, 1.165) is 16.9 Å². The number of nitrogens with zero attached hydrogens (tertiary/aromatic N) is 3. The van der Waals surface area contributed by atoms with Gasteiger partial charge in [-0.1, -0.05) is 12.1 Å². The molecule has 0 bridgehead atoms. The maximum absolute atomic E-state index is 13.4. The molecule has 1 unspecified atom stereocenters. The van der Waals surface area contributed by atoms with Crippen LogP contribution in [-0.4, -0.2) is 57.5 Å². The van der Waals surface area contributed by atoms with E-state index in [1.54, 1.807) is 27.4 Å². The number of hydrogen-bond acceptors (Lipinski definition) is 4. The number of aryl methyl sites for hydroxylation is 1. The van der Waals surface area contributed by atoms with Crippen LogP contribution in [0.5, 0.6) is 0 Å². The highest BCUT2D eigenvalue weighted by molar-refractivity contribution is 7.89. The number of rotatable bonds is 4. The summed E-state index contributed by atoms with van der Waals surface area (Å²) in [5.74, 6) is 0. The summed E-state index contributed by atoms with van der Waals surface area (Å²) in [4.78, 5) is 16.5. The molecule has 0 aromatic heterocycles. The van der Waals surface area contributed by atoms with Gasteiger partial charge in [0.25, 0.3) is 0 Å². The highest BCUT2D eigenvalue weighted by Gasteiger charge is 2.34. The Kier molecular flexibility index (Phi) is 5.94. The molecule has 0 radical (unpaired) electrons. The van der Waals surface area contributed by atoms with Crippen molar-refractivity contribution >= 4 is 27.4 Å². The predicted molar refractivity (Wildman–Crippen MR) is 123 cm³/mol. The number of anilines is 2. The number of sulfonamides is 1. The van der Waals surface area contributed by atoms with Gasteiger partial charge in [0.15, 0.2) is 0 Å². The molecule has 7 nitrogen and oxygen atoms in total. The second-order valence-corrected chi connectivity index (χ2v) is 10.2. The first-order valence-corrected chi connectivity index (χ1v) is 12.3. The van der Waals surface area contributed by atoms with Crippen molar-refractivity contribution in [1.82, 2.24) is 9.62 Å². The minimum absolute atomic E-state index is 0.0768. The number of benzene rings is 2. The molecule has 1 N–H and O–H groups in total. The van der Waals surface area contributed by atoms with E-state index >= 15 is 0 Å². The smallest absolute Gasteiger partial charge is 0.321 e. The van der Waals surface area contributed by atoms with Crippen molar-refractivity contribution in [2.75, 3.05) is 42.5 Å². The first-order chi connectivity index (χ1) is 14.8. The zero-order valence-corrected chi connectivity index (χ0v) is 19.2. The Labute approximate surface area is 184 Å². The van der Waals surface area contributed by atoms with Gasteiger partial charge in [0.2, 0.25) is 10.0 Å². The van der Waals surface area contributed by atoms with E-state index in [1.165, 1.54) is 5.56 Å². The third-order valence-electron chi connectivity index (χ3n) is 6.08. The van der Waals surface area contributed by atoms with Crippen molar-refractivity contribution in [3.63, 3.8) is 0 Å². The molecule has 2 aliphatic heterocycles. The fourth-order valence-electron chi connectivity index (χ4n) is 4.48. The SMILES string of the molecule is CCNC(=O)N1CCc2cc(S(=O)(=O)N3CCN(c4cccc(C)c4)C(C)C3)ccc21. The number of hydrogen-bond donors (Lipinski definition) is 1. The van der Waals surface area contributed by atoms with Crippen LogP contribution in [0.2, 0.25) is 0 Å². The Hall–Kier alpha value is -2.58. The van der Waals surface area contributed by atoms with Crippen molar-refractivity contribution in [2.45, 2.75) is 38.1 Å². The Morgan fingerprint density at radius 1 is 1.13 bits per heavy atom. The minimum Gasteiger partial charge on any atom is -0.366 e. The second kappa shape index (κ2) is 8.51. The highest BCUT2D eigenvalue weighted by atomic mass is 32.2. The lowest BCUT2D eigenvalue weighted by Gasteiger charge is -2.40. The number of carbonyl (C=O) groups is 1. The summed E-state index contributed by atoms with van der Waals surface area (Å²) in [7, 11) is -3.59. The fourth-order valence-corrected chi connectivity index (χ4v) is 6.04. The van der Waals surface area contributed by atoms with Crippen molar-refractivity contribution in [3.05, 3.63) is 53.6 Å². The largest absolute Gasteiger partial charge is 0.366 e. The van der Waals surface area contributed by atoms with Gasteiger partial charge >= 0.3 is 6.03 Å². The molecule has 0 spiro atoms. The zero-order valence-electron chi connectivity index (χ0n) is 18.3. The summed E-state index contributed by atoms with van der Waals surface area (Å²) in [6.45, 7) is 8.68. The van der Waals surface area contributed by atoms with E-state index in [-0.39, 0.29) is 12.1 Å². The fraction of sp³-hybridized carbons (Fsp3) is 0.435. The summed E-state index contributed by atoms with van der Waals surface area (Å²) in [6.07, 6.45) is 0.660. The Bertz CT molecular complexity index is 1090. The molecule has 2 heterocycles. The van der Waals surface area contributed by atoms with Gasteiger partial charge in [-0.25, -0.2) is 13.2 Å². The van der Waals surface area contributed by atoms with Crippen LogP contribution in [0.1, 0.15) is 25.0 Å². The summed E-state index contributed by atoms with van der Waals surface area (Å²) >= 11 is 0. The van der Waals surface area contributed by atoms with Gasteiger partial charge in [-0.2, -0.15) is 4.31 Å². The van der Waals surface area contributed by atoms with Gasteiger partial charge in [-0.3, -0.25) is 4.90 Å². The molecule has 2 amide bonds. The van der Waals surface area contributed by atoms with Crippen LogP contribution in [0.25, 0.3) is 0 Å². The lowest BCUT2D eigenvalue weighted by atomic mass is 10.1. The monoisotopic (exact) mass is 442 g/mol. The van der Waals surface area contributed by atoms with Crippen LogP contribution >= 0.6 is 0 Å². The molecular weight excluding hydrogens is 412 g/mol. The Balaban J connectivity index is 1.51. The van der Waals surface area contributed by atoms with Gasteiger partial charge in [0.05, 0.1) is 4.90 Å². The first kappa shape index (κ1) is 21.6. The summed E-state index contributed by atoms with van der Waals surface area (Å²) in [6, 6.07) is 13.4. The zero-order chi connectivity index (χ0) is 22.2. The minimum atomic E-state index is -3.59. The van der Waals surface area contributed by atoms with Crippen LogP contribution < -0.4 is 15.1 Å². The standard InChI is InChI=1S/C23H30N4O3S/c1-4-24-23(28)27-11-10-19-15-21(8-9-22(19)27)31(29,30)25-12-13-26(18(3)16-25)20-7-5-6-17(2)14-20/h5-9,14-15,18H,4,10-13,16H2,1-3H3,(H,24,28). The number of piperazine rings is 1. The summed E-state index contributed by atoms with van der Waals surface area (Å²) in [5, 5.41) is 2.81. The van der Waals surface area contributed by atoms with Crippen molar-refractivity contribution in [2.24, 2.45) is 0 Å². The van der Waals surface area contributed by atoms with Crippen molar-refractivity contribution in [1.29, 1.82) is 0 Å². The van der Waals surface area contributed by atoms with Gasteiger partial charge in [-0.05, 0) is 68.7 Å². The first-order valence-electron chi connectivity index (χ1n) is 10.8. The number of fused-ring (bicyclic) bond motifs is 1. The van der Waals surface area contributed by atoms with Crippen LogP contribution in [0.4, 0.5) is 16.2 Å². The Morgan fingerprint density at radius 2 is 1.94 bits per heavy atom. The quantitative estimate of drug-likeness (QED) is 0.790. The number of carbonyl (C=O) groups excluding carboxylic acids is 1. The van der Waals surface area contributed by atoms with Crippen LogP contribution in [-0.2, 0) is 16.4 Å². The molecule has 1 atom stereocenters. The number of amides is 2. The maximum atomic E-state index is 13.4. The van der Waals surface area contributed by atoms with E-state index in [0.29, 0.717) is 44.0 Å². The number of urea groups is 1. The normalized spacial score (nSPS) is 19.4. The molecule has 2 aliphatic rings. The molecule has 1 fully saturated rings. The Morgan fingerprint density at radius 3 is 2.65 bits per heavy atom. The summed E-state index contributed by atoms with van der Waals surface area (Å²) in [5.41, 5.74) is 4.02. The number of nitrogens with one attached hydrogen (secondary N) is 1. The van der Waals surface area contributed by atoms with Crippen molar-refractivity contribution in [3.8, 4) is 0 Å². The lowest BCUT2D eigenvalue weighted by Crippen LogP contribution is -2.53. The average molecular weight is 443 g/mol. The molecule has 8 heteroatoms. The molecular formula is C23H30N4O3S. The molecule has 2 aromatic rings. The highest BCUT2D eigenvalue weighted by Crippen LogP contribution is 2.32. The third-order valence-corrected chi connectivity index (χ3v) is 7.94. The van der Waals surface area contributed by atoms with Gasteiger partial charge in [0, 0.05) is 50.1 Å². The molecule has 0 aliphatic carbocycles. The van der Waals surface area contributed by atoms with Crippen LogP contribution in [0, 0.1) is 6.92 Å². The third kappa shape index (κ3) is 4.14. The molecule has 166 valence electrons. The molecule has 0 saturated carbocycles. The van der Waals surface area contributed by atoms with E-state index < -0.39 is 10.0 Å². The average Bonchev–Trinajstić information content (AvgIpc) is 3.17. The molecule has 2 aromatic carbocycles. The molecule has 31 heavy (non-hydrogen) atoms. The van der Waals surface area contributed by atoms with Crippen LogP contribution in [0.15, 0.2) is 47.4 Å². The molecule has 4 rings (SSSR count). The van der Waals surface area contributed by atoms with Gasteiger partial charge in [-0.15, -0.1) is 0 Å². The van der Waals surface area contributed by atoms with Crippen molar-refractivity contribution < 1.29 is 13.2 Å².